The second kappa shape index (κ2) is 8.39. The van der Waals surface area contributed by atoms with E-state index in [0.717, 1.165) is 22.5 Å². The van der Waals surface area contributed by atoms with Crippen LogP contribution in [0.3, 0.4) is 0 Å². The van der Waals surface area contributed by atoms with Gasteiger partial charge in [-0.1, -0.05) is 24.3 Å². The zero-order chi connectivity index (χ0) is 22.1. The van der Waals surface area contributed by atoms with Crippen LogP contribution in [0.4, 0.5) is 5.95 Å². The van der Waals surface area contributed by atoms with Crippen LogP contribution in [0.5, 0.6) is 0 Å². The van der Waals surface area contributed by atoms with E-state index in [-0.39, 0.29) is 11.7 Å². The number of benzene rings is 1. The molecular weight excluding hydrogens is 404 g/mol. The van der Waals surface area contributed by atoms with E-state index in [1.165, 1.54) is 0 Å². The van der Waals surface area contributed by atoms with Crippen molar-refractivity contribution in [3.8, 4) is 22.6 Å². The maximum Gasteiger partial charge on any atom is 0.255 e. The van der Waals surface area contributed by atoms with Gasteiger partial charge in [-0.05, 0) is 17.7 Å². The number of hydrogen-bond acceptors (Lipinski definition) is 6. The number of nitrogens with zero attached hydrogens (tertiary/aromatic N) is 6. The molecule has 8 nitrogen and oxygen atoms in total. The van der Waals surface area contributed by atoms with E-state index in [0.29, 0.717) is 31.3 Å². The average Bonchev–Trinajstić information content (AvgIpc) is 3.27. The Morgan fingerprint density at radius 1 is 1.06 bits per heavy atom. The molecule has 1 atom stereocenters. The molecule has 1 fully saturated rings. The topological polar surface area (TPSA) is 78.1 Å². The zero-order valence-corrected chi connectivity index (χ0v) is 18.0. The summed E-state index contributed by atoms with van der Waals surface area (Å²) in [4.78, 5) is 28.2. The van der Waals surface area contributed by atoms with Gasteiger partial charge in [0.15, 0.2) is 0 Å². The first kappa shape index (κ1) is 20.1. The number of ether oxygens (including phenoxy) is 1. The molecule has 0 N–H and O–H groups in total. The van der Waals surface area contributed by atoms with E-state index >= 15 is 0 Å². The second-order valence-corrected chi connectivity index (χ2v) is 7.83. The predicted molar refractivity (Wildman–Crippen MR) is 122 cm³/mol. The Morgan fingerprint density at radius 2 is 1.88 bits per heavy atom. The molecule has 4 heterocycles. The van der Waals surface area contributed by atoms with E-state index in [9.17, 15) is 4.79 Å². The summed E-state index contributed by atoms with van der Waals surface area (Å²) in [7, 11) is 3.74. The van der Waals surface area contributed by atoms with Crippen LogP contribution >= 0.6 is 0 Å². The Balaban J connectivity index is 1.51. The number of pyridine rings is 1. The first-order valence-corrected chi connectivity index (χ1v) is 10.5. The minimum atomic E-state index is -0.168. The van der Waals surface area contributed by atoms with Gasteiger partial charge in [0.25, 0.3) is 5.56 Å². The Kier molecular flexibility index (Phi) is 5.28. The van der Waals surface area contributed by atoms with Gasteiger partial charge in [-0.2, -0.15) is 0 Å². The van der Waals surface area contributed by atoms with E-state index in [4.69, 9.17) is 9.72 Å². The van der Waals surface area contributed by atoms with Gasteiger partial charge in [0, 0.05) is 62.6 Å². The maximum atomic E-state index is 12.7. The van der Waals surface area contributed by atoms with Crippen molar-refractivity contribution in [3.05, 3.63) is 83.2 Å². The summed E-state index contributed by atoms with van der Waals surface area (Å²) in [6.07, 6.45) is 6.97. The highest BCUT2D eigenvalue weighted by Crippen LogP contribution is 2.32. The lowest BCUT2D eigenvalue weighted by atomic mass is 10.0. The summed E-state index contributed by atoms with van der Waals surface area (Å²) in [5.74, 6) is 1.53. The maximum absolute atomic E-state index is 12.7. The molecule has 32 heavy (non-hydrogen) atoms. The number of aromatic nitrogens is 5. The summed E-state index contributed by atoms with van der Waals surface area (Å²) in [5.41, 5.74) is 3.52. The molecule has 1 unspecified atom stereocenters. The lowest BCUT2D eigenvalue weighted by molar-refractivity contribution is 0.0393. The fourth-order valence-corrected chi connectivity index (χ4v) is 4.11. The summed E-state index contributed by atoms with van der Waals surface area (Å²) in [6, 6.07) is 13.5. The van der Waals surface area contributed by atoms with Crippen LogP contribution in [0.1, 0.15) is 11.7 Å². The van der Waals surface area contributed by atoms with Gasteiger partial charge in [-0.25, -0.2) is 9.97 Å². The number of morpholine rings is 1. The third-order valence-electron chi connectivity index (χ3n) is 5.81. The van der Waals surface area contributed by atoms with Crippen LogP contribution in [0, 0.1) is 0 Å². The fraction of sp³-hybridized carbons (Fsp3) is 0.250. The first-order chi connectivity index (χ1) is 15.6. The Hall–Kier alpha value is -3.78. The van der Waals surface area contributed by atoms with Gasteiger partial charge < -0.3 is 14.2 Å². The van der Waals surface area contributed by atoms with E-state index < -0.39 is 0 Å². The summed E-state index contributed by atoms with van der Waals surface area (Å²) in [5, 5.41) is 0. The molecule has 0 bridgehead atoms. The minimum absolute atomic E-state index is 0.0988. The molecule has 0 spiro atoms. The molecule has 0 radical (unpaired) electrons. The first-order valence-electron chi connectivity index (χ1n) is 10.5. The molecule has 0 amide bonds. The standard InChI is InChI=1S/C24H24N6O2/c1-28-12-11-26-23(28)19-6-4-3-5-18(19)21-16-30(13-14-32-21)24-27-20(15-22(31)29(24)2)17-7-9-25-10-8-17/h3-12,15,21H,13-14,16H2,1-2H3. The number of imidazole rings is 1. The van der Waals surface area contributed by atoms with Crippen LogP contribution < -0.4 is 10.5 Å². The van der Waals surface area contributed by atoms with Gasteiger partial charge in [0.1, 0.15) is 11.9 Å². The lowest BCUT2D eigenvalue weighted by Gasteiger charge is -2.35. The molecule has 162 valence electrons. The molecule has 1 aliphatic rings. The largest absolute Gasteiger partial charge is 0.370 e. The highest BCUT2D eigenvalue weighted by molar-refractivity contribution is 5.62. The van der Waals surface area contributed by atoms with Crippen LogP contribution in [0.25, 0.3) is 22.6 Å². The highest BCUT2D eigenvalue weighted by atomic mass is 16.5. The molecule has 1 saturated heterocycles. The molecule has 4 aromatic rings. The van der Waals surface area contributed by atoms with Crippen molar-refractivity contribution in [2.75, 3.05) is 24.6 Å². The highest BCUT2D eigenvalue weighted by Gasteiger charge is 2.27. The van der Waals surface area contributed by atoms with Crippen LogP contribution in [-0.4, -0.2) is 43.8 Å². The Labute approximate surface area is 185 Å². The molecule has 1 aromatic carbocycles. The lowest BCUT2D eigenvalue weighted by Crippen LogP contribution is -2.41. The second-order valence-electron chi connectivity index (χ2n) is 7.83. The van der Waals surface area contributed by atoms with Crippen LogP contribution in [0.2, 0.25) is 0 Å². The summed E-state index contributed by atoms with van der Waals surface area (Å²) < 4.78 is 9.78. The van der Waals surface area contributed by atoms with Gasteiger partial charge >= 0.3 is 0 Å². The molecule has 0 aliphatic carbocycles. The van der Waals surface area contributed by atoms with E-state index in [1.807, 2.05) is 42.1 Å². The quantitative estimate of drug-likeness (QED) is 0.497. The van der Waals surface area contributed by atoms with Crippen LogP contribution in [0.15, 0.2) is 72.0 Å². The van der Waals surface area contributed by atoms with Crippen molar-refractivity contribution in [2.24, 2.45) is 14.1 Å². The Bertz CT molecular complexity index is 1300. The molecular formula is C24H24N6O2. The predicted octanol–water partition coefficient (Wildman–Crippen LogP) is 2.82. The zero-order valence-electron chi connectivity index (χ0n) is 18.0. The molecule has 8 heteroatoms. The average molecular weight is 428 g/mol. The van der Waals surface area contributed by atoms with Gasteiger partial charge in [0.05, 0.1) is 18.8 Å². The monoisotopic (exact) mass is 428 g/mol. The van der Waals surface area contributed by atoms with E-state index in [1.54, 1.807) is 36.3 Å². The van der Waals surface area contributed by atoms with Gasteiger partial charge in [-0.15, -0.1) is 0 Å². The smallest absolute Gasteiger partial charge is 0.255 e. The normalized spacial score (nSPS) is 16.3. The number of aryl methyl sites for hydroxylation is 1. The Morgan fingerprint density at radius 3 is 2.66 bits per heavy atom. The van der Waals surface area contributed by atoms with Gasteiger partial charge in [0.2, 0.25) is 5.95 Å². The number of hydrogen-bond donors (Lipinski definition) is 0. The van der Waals surface area contributed by atoms with Crippen LogP contribution in [-0.2, 0) is 18.8 Å². The number of rotatable bonds is 4. The summed E-state index contributed by atoms with van der Waals surface area (Å²) >= 11 is 0. The summed E-state index contributed by atoms with van der Waals surface area (Å²) in [6.45, 7) is 1.78. The van der Waals surface area contributed by atoms with Crippen molar-refractivity contribution >= 4 is 5.95 Å². The molecule has 5 rings (SSSR count). The van der Waals surface area contributed by atoms with Gasteiger partial charge in [-0.3, -0.25) is 14.3 Å². The minimum Gasteiger partial charge on any atom is -0.370 e. The third kappa shape index (κ3) is 3.69. The SMILES string of the molecule is Cn1ccnc1-c1ccccc1C1CN(c2nc(-c3ccncc3)cc(=O)n2C)CCO1. The number of anilines is 1. The molecule has 1 aliphatic heterocycles. The van der Waals surface area contributed by atoms with Crippen molar-refractivity contribution in [1.82, 2.24) is 24.1 Å². The van der Waals surface area contributed by atoms with Crippen molar-refractivity contribution < 1.29 is 4.74 Å². The third-order valence-corrected chi connectivity index (χ3v) is 5.81. The fourth-order valence-electron chi connectivity index (χ4n) is 4.11. The molecule has 3 aromatic heterocycles. The van der Waals surface area contributed by atoms with E-state index in [2.05, 4.69) is 27.0 Å². The van der Waals surface area contributed by atoms with Crippen molar-refractivity contribution in [3.63, 3.8) is 0 Å². The molecule has 0 saturated carbocycles. The van der Waals surface area contributed by atoms with Crippen molar-refractivity contribution in [2.45, 2.75) is 6.10 Å². The van der Waals surface area contributed by atoms with Crippen molar-refractivity contribution in [1.29, 1.82) is 0 Å².